The van der Waals surface area contributed by atoms with Gasteiger partial charge in [0.05, 0.1) is 4.70 Å². The van der Waals surface area contributed by atoms with Crippen molar-refractivity contribution in [3.8, 4) is 0 Å². The van der Waals surface area contributed by atoms with Crippen LogP contribution in [0.25, 0.3) is 10.2 Å². The van der Waals surface area contributed by atoms with Gasteiger partial charge in [0.2, 0.25) is 0 Å². The molecule has 1 saturated heterocycles. The Labute approximate surface area is 110 Å². The van der Waals surface area contributed by atoms with E-state index < -0.39 is 0 Å². The Hall–Kier alpha value is -1.07. The van der Waals surface area contributed by atoms with Crippen LogP contribution in [0, 0.1) is 0 Å². The highest BCUT2D eigenvalue weighted by Gasteiger charge is 2.17. The van der Waals surface area contributed by atoms with Crippen molar-refractivity contribution in [3.63, 3.8) is 0 Å². The molecule has 0 bridgehead atoms. The molecule has 1 aromatic carbocycles. The standard InChI is InChI=1S/C12H13N3S2/c16-12(15-7-2-1-3-8-15)9-5-4-6-10-11(9)17-14-13-10/h4-6H,1-3,7-8H2. The van der Waals surface area contributed by atoms with Crippen molar-refractivity contribution in [1.82, 2.24) is 14.5 Å². The summed E-state index contributed by atoms with van der Waals surface area (Å²) in [5, 5.41) is 4.10. The van der Waals surface area contributed by atoms with Gasteiger partial charge in [0.15, 0.2) is 0 Å². The van der Waals surface area contributed by atoms with E-state index in [9.17, 15) is 0 Å². The fraction of sp³-hybridized carbons (Fsp3) is 0.417. The van der Waals surface area contributed by atoms with E-state index in [1.807, 2.05) is 12.1 Å². The number of nitrogens with zero attached hydrogens (tertiary/aromatic N) is 3. The first-order chi connectivity index (χ1) is 8.36. The Bertz CT molecular complexity index is 543. The molecular weight excluding hydrogens is 250 g/mol. The third-order valence-electron chi connectivity index (χ3n) is 3.15. The largest absolute Gasteiger partial charge is 0.362 e. The molecule has 1 aliphatic heterocycles. The van der Waals surface area contributed by atoms with E-state index in [0.29, 0.717) is 0 Å². The van der Waals surface area contributed by atoms with Crippen LogP contribution in [0.2, 0.25) is 0 Å². The Balaban J connectivity index is 1.97. The average Bonchev–Trinajstić information content (AvgIpc) is 2.87. The molecule has 0 saturated carbocycles. The molecule has 0 atom stereocenters. The molecule has 2 aromatic rings. The number of benzene rings is 1. The summed E-state index contributed by atoms with van der Waals surface area (Å²) in [6.07, 6.45) is 3.82. The lowest BCUT2D eigenvalue weighted by atomic mass is 10.1. The summed E-state index contributed by atoms with van der Waals surface area (Å²) in [6, 6.07) is 6.08. The second-order valence-corrected chi connectivity index (χ2v) is 5.42. The van der Waals surface area contributed by atoms with Gasteiger partial charge in [0.25, 0.3) is 0 Å². The normalized spacial score (nSPS) is 16.4. The molecule has 0 unspecified atom stereocenters. The van der Waals surface area contributed by atoms with E-state index in [-0.39, 0.29) is 0 Å². The maximum Gasteiger partial charge on any atom is 0.110 e. The Morgan fingerprint density at radius 1 is 1.24 bits per heavy atom. The van der Waals surface area contributed by atoms with Gasteiger partial charge in [-0.05, 0) is 36.9 Å². The van der Waals surface area contributed by atoms with Gasteiger partial charge in [-0.1, -0.05) is 28.8 Å². The molecule has 1 aliphatic rings. The van der Waals surface area contributed by atoms with Gasteiger partial charge in [-0.2, -0.15) is 0 Å². The first-order valence-electron chi connectivity index (χ1n) is 5.86. The molecule has 2 heterocycles. The smallest absolute Gasteiger partial charge is 0.110 e. The summed E-state index contributed by atoms with van der Waals surface area (Å²) in [5.41, 5.74) is 2.07. The minimum Gasteiger partial charge on any atom is -0.362 e. The molecule has 0 N–H and O–H groups in total. The number of fused-ring (bicyclic) bond motifs is 1. The lowest BCUT2D eigenvalue weighted by molar-refractivity contribution is 0.348. The topological polar surface area (TPSA) is 29.0 Å². The van der Waals surface area contributed by atoms with Crippen LogP contribution in [0.5, 0.6) is 0 Å². The molecule has 0 radical (unpaired) electrons. The zero-order valence-corrected chi connectivity index (χ0v) is 11.1. The van der Waals surface area contributed by atoms with E-state index in [4.69, 9.17) is 12.2 Å². The molecule has 5 heteroatoms. The molecule has 0 aliphatic carbocycles. The van der Waals surface area contributed by atoms with Gasteiger partial charge < -0.3 is 4.90 Å². The lowest BCUT2D eigenvalue weighted by Gasteiger charge is -2.29. The molecular formula is C12H13N3S2. The number of hydrogen-bond donors (Lipinski definition) is 0. The van der Waals surface area contributed by atoms with Crippen molar-refractivity contribution in [1.29, 1.82) is 0 Å². The predicted molar refractivity (Wildman–Crippen MR) is 74.5 cm³/mol. The van der Waals surface area contributed by atoms with Crippen LogP contribution in [-0.2, 0) is 0 Å². The van der Waals surface area contributed by atoms with E-state index in [0.717, 1.165) is 33.9 Å². The van der Waals surface area contributed by atoms with Gasteiger partial charge in [-0.15, -0.1) is 5.10 Å². The Morgan fingerprint density at radius 3 is 2.88 bits per heavy atom. The SMILES string of the molecule is S=C(c1cccc2nnsc12)N1CCCCC1. The highest BCUT2D eigenvalue weighted by molar-refractivity contribution is 7.80. The van der Waals surface area contributed by atoms with Gasteiger partial charge in [-0.25, -0.2) is 0 Å². The van der Waals surface area contributed by atoms with Gasteiger partial charge in [0.1, 0.15) is 10.5 Å². The maximum absolute atomic E-state index is 5.61. The summed E-state index contributed by atoms with van der Waals surface area (Å²) in [6.45, 7) is 2.17. The molecule has 0 amide bonds. The first-order valence-corrected chi connectivity index (χ1v) is 7.05. The van der Waals surface area contributed by atoms with Crippen molar-refractivity contribution >= 4 is 39.0 Å². The zero-order chi connectivity index (χ0) is 11.7. The summed E-state index contributed by atoms with van der Waals surface area (Å²) in [7, 11) is 0. The van der Waals surface area contributed by atoms with Crippen molar-refractivity contribution < 1.29 is 0 Å². The number of aromatic nitrogens is 2. The van der Waals surface area contributed by atoms with Crippen LogP contribution in [0.4, 0.5) is 0 Å². The number of rotatable bonds is 1. The van der Waals surface area contributed by atoms with E-state index in [2.05, 4.69) is 20.6 Å². The third-order valence-corrected chi connectivity index (χ3v) is 4.40. The van der Waals surface area contributed by atoms with E-state index in [1.54, 1.807) is 0 Å². The molecule has 17 heavy (non-hydrogen) atoms. The maximum atomic E-state index is 5.61. The number of thiocarbonyl (C=S) groups is 1. The molecule has 88 valence electrons. The molecule has 3 rings (SSSR count). The summed E-state index contributed by atoms with van der Waals surface area (Å²) >= 11 is 7.04. The molecule has 3 nitrogen and oxygen atoms in total. The zero-order valence-electron chi connectivity index (χ0n) is 9.43. The van der Waals surface area contributed by atoms with Crippen molar-refractivity contribution in [2.45, 2.75) is 19.3 Å². The minimum atomic E-state index is 0.951. The fourth-order valence-electron chi connectivity index (χ4n) is 2.24. The molecule has 1 fully saturated rings. The average molecular weight is 263 g/mol. The van der Waals surface area contributed by atoms with Crippen molar-refractivity contribution in [3.05, 3.63) is 23.8 Å². The summed E-state index contributed by atoms with van der Waals surface area (Å²) < 4.78 is 5.12. The quantitative estimate of drug-likeness (QED) is 0.740. The molecule has 1 aromatic heterocycles. The van der Waals surface area contributed by atoms with Crippen molar-refractivity contribution in [2.75, 3.05) is 13.1 Å². The Kier molecular flexibility index (Phi) is 3.03. The van der Waals surface area contributed by atoms with Crippen LogP contribution in [0.15, 0.2) is 18.2 Å². The fourth-order valence-corrected chi connectivity index (χ4v) is 3.33. The van der Waals surface area contributed by atoms with E-state index >= 15 is 0 Å². The van der Waals surface area contributed by atoms with Gasteiger partial charge in [0, 0.05) is 18.7 Å². The summed E-state index contributed by atoms with van der Waals surface area (Å²) in [5.74, 6) is 0. The third kappa shape index (κ3) is 2.05. The number of piperidine rings is 1. The van der Waals surface area contributed by atoms with Gasteiger partial charge >= 0.3 is 0 Å². The number of likely N-dealkylation sites (tertiary alicyclic amines) is 1. The highest BCUT2D eigenvalue weighted by atomic mass is 32.1. The summed E-state index contributed by atoms with van der Waals surface area (Å²) in [4.78, 5) is 3.27. The van der Waals surface area contributed by atoms with Gasteiger partial charge in [-0.3, -0.25) is 0 Å². The van der Waals surface area contributed by atoms with Crippen LogP contribution in [0.1, 0.15) is 24.8 Å². The van der Waals surface area contributed by atoms with Crippen molar-refractivity contribution in [2.24, 2.45) is 0 Å². The highest BCUT2D eigenvalue weighted by Crippen LogP contribution is 2.23. The van der Waals surface area contributed by atoms with Crippen LogP contribution < -0.4 is 0 Å². The van der Waals surface area contributed by atoms with Crippen LogP contribution in [0.3, 0.4) is 0 Å². The van der Waals surface area contributed by atoms with Crippen LogP contribution in [-0.4, -0.2) is 32.6 Å². The Morgan fingerprint density at radius 2 is 2.06 bits per heavy atom. The molecule has 0 spiro atoms. The first kappa shape index (κ1) is 11.0. The van der Waals surface area contributed by atoms with E-state index in [1.165, 1.54) is 30.8 Å². The predicted octanol–water partition coefficient (Wildman–Crippen LogP) is 2.85. The second kappa shape index (κ2) is 4.66. The van der Waals surface area contributed by atoms with Crippen LogP contribution >= 0.6 is 23.8 Å². The lowest BCUT2D eigenvalue weighted by Crippen LogP contribution is -2.34. The second-order valence-electron chi connectivity index (χ2n) is 4.28. The monoisotopic (exact) mass is 263 g/mol. The number of hydrogen-bond acceptors (Lipinski definition) is 4. The minimum absolute atomic E-state index is 0.951.